The predicted octanol–water partition coefficient (Wildman–Crippen LogP) is 3.71. The minimum atomic E-state index is -3.43. The van der Waals surface area contributed by atoms with Gasteiger partial charge in [-0.2, -0.15) is 5.10 Å². The van der Waals surface area contributed by atoms with E-state index in [4.69, 9.17) is 16.3 Å². The number of thiazole rings is 1. The van der Waals surface area contributed by atoms with Gasteiger partial charge in [0, 0.05) is 19.4 Å². The number of halogens is 1. The van der Waals surface area contributed by atoms with Gasteiger partial charge in [0.05, 0.1) is 17.6 Å². The van der Waals surface area contributed by atoms with Gasteiger partial charge in [-0.05, 0) is 38.0 Å². The van der Waals surface area contributed by atoms with Gasteiger partial charge in [-0.3, -0.25) is 9.48 Å². The molecule has 1 saturated carbocycles. The third-order valence-corrected chi connectivity index (χ3v) is 9.12. The van der Waals surface area contributed by atoms with Crippen molar-refractivity contribution in [1.82, 2.24) is 14.8 Å². The smallest absolute Gasteiger partial charge is 0.251 e. The van der Waals surface area contributed by atoms with Crippen LogP contribution >= 0.6 is 22.9 Å². The van der Waals surface area contributed by atoms with Crippen LogP contribution in [0, 0.1) is 5.92 Å². The Labute approximate surface area is 184 Å². The van der Waals surface area contributed by atoms with Crippen molar-refractivity contribution in [3.8, 4) is 0 Å². The summed E-state index contributed by atoms with van der Waals surface area (Å²) < 4.78 is 33.3. The molecule has 0 radical (unpaired) electrons. The van der Waals surface area contributed by atoms with Crippen molar-refractivity contribution in [3.05, 3.63) is 22.9 Å². The highest BCUT2D eigenvalue weighted by Crippen LogP contribution is 2.32. The van der Waals surface area contributed by atoms with E-state index in [9.17, 15) is 13.2 Å². The summed E-state index contributed by atoms with van der Waals surface area (Å²) in [4.78, 5) is 17.4. The molecule has 1 N–H and O–H groups in total. The minimum absolute atomic E-state index is 0.191. The number of nitrogens with one attached hydrogen (secondary N) is 1. The molecule has 11 heteroatoms. The zero-order valence-corrected chi connectivity index (χ0v) is 18.9. The standard InChI is InChI=1S/C19H25ClN4O4S2/c20-17-11-21-19(29-17)23-18(25)16(9-13-5-7-28-8-6-13)24-12-15(10-22-24)30(26,27)14-3-1-2-4-14/h10-14,16H,1-9H2,(H,21,23,25)/t16-/m1/s1. The first kappa shape index (κ1) is 21.7. The molecule has 8 nitrogen and oxygen atoms in total. The second-order valence-electron chi connectivity index (χ2n) is 7.87. The van der Waals surface area contributed by atoms with E-state index < -0.39 is 15.9 Å². The molecule has 1 aliphatic heterocycles. The first-order chi connectivity index (χ1) is 14.4. The summed E-state index contributed by atoms with van der Waals surface area (Å²) in [6.07, 6.45) is 9.88. The van der Waals surface area contributed by atoms with Crippen LogP contribution in [-0.2, 0) is 19.4 Å². The lowest BCUT2D eigenvalue weighted by Gasteiger charge is -2.26. The molecule has 1 saturated heterocycles. The number of rotatable bonds is 7. The molecule has 0 bridgehead atoms. The van der Waals surface area contributed by atoms with Gasteiger partial charge in [0.15, 0.2) is 15.0 Å². The zero-order chi connectivity index (χ0) is 21.1. The molecule has 2 fully saturated rings. The van der Waals surface area contributed by atoms with Crippen LogP contribution in [-0.4, -0.2) is 47.6 Å². The maximum absolute atomic E-state index is 13.1. The Morgan fingerprint density at radius 1 is 1.27 bits per heavy atom. The monoisotopic (exact) mass is 472 g/mol. The second-order valence-corrected chi connectivity index (χ2v) is 11.8. The average molecular weight is 473 g/mol. The van der Waals surface area contributed by atoms with Gasteiger partial charge in [-0.15, -0.1) is 0 Å². The van der Waals surface area contributed by atoms with Crippen LogP contribution in [0.25, 0.3) is 0 Å². The SMILES string of the molecule is O=C(Nc1ncc(Cl)s1)[C@@H](CC1CCOCC1)n1cc(S(=O)(=O)C2CCCC2)cn1. The van der Waals surface area contributed by atoms with Gasteiger partial charge < -0.3 is 10.1 Å². The molecule has 2 aromatic heterocycles. The quantitative estimate of drug-likeness (QED) is 0.658. The third-order valence-electron chi connectivity index (χ3n) is 5.87. The number of amides is 1. The lowest BCUT2D eigenvalue weighted by Crippen LogP contribution is -2.30. The summed E-state index contributed by atoms with van der Waals surface area (Å²) in [5, 5.41) is 7.15. The summed E-state index contributed by atoms with van der Waals surface area (Å²) in [5.41, 5.74) is 0. The fraction of sp³-hybridized carbons (Fsp3) is 0.632. The van der Waals surface area contributed by atoms with Crippen LogP contribution in [0.5, 0.6) is 0 Å². The van der Waals surface area contributed by atoms with Crippen LogP contribution in [0.15, 0.2) is 23.5 Å². The van der Waals surface area contributed by atoms with Crippen LogP contribution in [0.4, 0.5) is 5.13 Å². The largest absolute Gasteiger partial charge is 0.381 e. The number of sulfone groups is 1. The fourth-order valence-electron chi connectivity index (χ4n) is 4.16. The molecule has 1 aliphatic carbocycles. The molecule has 30 heavy (non-hydrogen) atoms. The second kappa shape index (κ2) is 9.33. The molecule has 1 atom stereocenters. The van der Waals surface area contributed by atoms with Crippen LogP contribution in [0.1, 0.15) is 51.0 Å². The number of hydrogen-bond acceptors (Lipinski definition) is 7. The number of anilines is 1. The Kier molecular flexibility index (Phi) is 6.76. The molecule has 0 aromatic carbocycles. The summed E-state index contributed by atoms with van der Waals surface area (Å²) in [7, 11) is -3.43. The predicted molar refractivity (Wildman–Crippen MR) is 115 cm³/mol. The van der Waals surface area contributed by atoms with E-state index in [-0.39, 0.29) is 16.1 Å². The van der Waals surface area contributed by atoms with Crippen molar-refractivity contribution in [2.75, 3.05) is 18.5 Å². The van der Waals surface area contributed by atoms with Gasteiger partial charge in [-0.25, -0.2) is 13.4 Å². The highest BCUT2D eigenvalue weighted by Gasteiger charge is 2.33. The first-order valence-electron chi connectivity index (χ1n) is 10.2. The number of carbonyl (C=O) groups excluding carboxylic acids is 1. The maximum atomic E-state index is 13.1. The zero-order valence-electron chi connectivity index (χ0n) is 16.5. The van der Waals surface area contributed by atoms with Gasteiger partial charge in [0.1, 0.15) is 15.3 Å². The van der Waals surface area contributed by atoms with E-state index in [0.29, 0.717) is 47.9 Å². The molecule has 3 heterocycles. The number of nitrogens with zero attached hydrogens (tertiary/aromatic N) is 3. The van der Waals surface area contributed by atoms with Crippen molar-refractivity contribution in [2.45, 2.75) is 61.1 Å². The van der Waals surface area contributed by atoms with E-state index in [0.717, 1.165) is 25.7 Å². The van der Waals surface area contributed by atoms with Gasteiger partial charge in [0.25, 0.3) is 5.91 Å². The minimum Gasteiger partial charge on any atom is -0.381 e. The molecule has 1 amide bonds. The van der Waals surface area contributed by atoms with Crippen LogP contribution in [0.2, 0.25) is 4.34 Å². The molecule has 0 unspecified atom stereocenters. The van der Waals surface area contributed by atoms with E-state index in [1.54, 1.807) is 0 Å². The molecule has 0 spiro atoms. The molecule has 2 aliphatic rings. The fourth-order valence-corrected chi connectivity index (χ4v) is 6.77. The van der Waals surface area contributed by atoms with E-state index in [2.05, 4.69) is 15.4 Å². The average Bonchev–Trinajstić information content (AvgIpc) is 3.49. The normalized spacial score (nSPS) is 19.8. The van der Waals surface area contributed by atoms with E-state index in [1.165, 1.54) is 34.6 Å². The lowest BCUT2D eigenvalue weighted by molar-refractivity contribution is -0.120. The Morgan fingerprint density at radius 2 is 2.00 bits per heavy atom. The maximum Gasteiger partial charge on any atom is 0.251 e. The highest BCUT2D eigenvalue weighted by molar-refractivity contribution is 7.92. The Hall–Kier alpha value is -1.49. The summed E-state index contributed by atoms with van der Waals surface area (Å²) in [6, 6.07) is -0.636. The van der Waals surface area contributed by atoms with Gasteiger partial charge in [0.2, 0.25) is 0 Å². The highest BCUT2D eigenvalue weighted by atomic mass is 35.5. The van der Waals surface area contributed by atoms with Gasteiger partial charge >= 0.3 is 0 Å². The number of hydrogen-bond donors (Lipinski definition) is 1. The first-order valence-corrected chi connectivity index (χ1v) is 13.0. The number of carbonyl (C=O) groups is 1. The van der Waals surface area contributed by atoms with Crippen molar-refractivity contribution in [3.63, 3.8) is 0 Å². The summed E-state index contributed by atoms with van der Waals surface area (Å²) in [6.45, 7) is 1.34. The summed E-state index contributed by atoms with van der Waals surface area (Å²) in [5.74, 6) is 0.0221. The van der Waals surface area contributed by atoms with Crippen molar-refractivity contribution >= 4 is 43.8 Å². The Bertz CT molecular complexity index is 978. The molecular weight excluding hydrogens is 448 g/mol. The summed E-state index contributed by atoms with van der Waals surface area (Å²) >= 11 is 7.10. The topological polar surface area (TPSA) is 103 Å². The lowest BCUT2D eigenvalue weighted by atomic mass is 9.92. The number of ether oxygens (including phenoxy) is 1. The molecule has 2 aromatic rings. The van der Waals surface area contributed by atoms with Crippen LogP contribution in [0.3, 0.4) is 0 Å². The molecule has 4 rings (SSSR count). The third kappa shape index (κ3) is 4.87. The van der Waals surface area contributed by atoms with E-state index >= 15 is 0 Å². The van der Waals surface area contributed by atoms with Gasteiger partial charge in [-0.1, -0.05) is 35.8 Å². The van der Waals surface area contributed by atoms with Crippen molar-refractivity contribution in [1.29, 1.82) is 0 Å². The Morgan fingerprint density at radius 3 is 2.67 bits per heavy atom. The number of aromatic nitrogens is 3. The van der Waals surface area contributed by atoms with Crippen molar-refractivity contribution in [2.24, 2.45) is 5.92 Å². The van der Waals surface area contributed by atoms with E-state index in [1.807, 2.05) is 0 Å². The Balaban J connectivity index is 1.56. The van der Waals surface area contributed by atoms with Crippen LogP contribution < -0.4 is 5.32 Å². The van der Waals surface area contributed by atoms with Crippen molar-refractivity contribution < 1.29 is 17.9 Å². The molecule has 164 valence electrons. The molecular formula is C19H25ClN4O4S2.